The lowest BCUT2D eigenvalue weighted by molar-refractivity contribution is -0.176. The minimum absolute atomic E-state index is 0.412. The fourth-order valence-electron chi connectivity index (χ4n) is 1.44. The first-order valence-electron chi connectivity index (χ1n) is 5.96. The Labute approximate surface area is 98.7 Å². The van der Waals surface area contributed by atoms with Gasteiger partial charge >= 0.3 is 12.3 Å². The minimum Gasteiger partial charge on any atom is -0.370 e. The number of hydrogen-bond acceptors (Lipinski definition) is 2. The average Bonchev–Trinajstić information content (AvgIpc) is 3.06. The molecular formula is C11H19F4NO. The van der Waals surface area contributed by atoms with Crippen molar-refractivity contribution < 1.29 is 22.3 Å². The molecule has 0 aliphatic heterocycles. The summed E-state index contributed by atoms with van der Waals surface area (Å²) in [5.74, 6) is -4.05. The molecule has 0 heterocycles. The van der Waals surface area contributed by atoms with Crippen molar-refractivity contribution >= 4 is 0 Å². The van der Waals surface area contributed by atoms with Crippen LogP contribution in [0.15, 0.2) is 0 Å². The Hall–Kier alpha value is -0.360. The molecule has 0 radical (unpaired) electrons. The summed E-state index contributed by atoms with van der Waals surface area (Å²) in [4.78, 5) is 0. The second kappa shape index (κ2) is 6.54. The maximum Gasteiger partial charge on any atom is 0.330 e. The molecule has 2 nitrogen and oxygen atoms in total. The molecule has 17 heavy (non-hydrogen) atoms. The van der Waals surface area contributed by atoms with Crippen LogP contribution in [-0.2, 0) is 4.74 Å². The van der Waals surface area contributed by atoms with Gasteiger partial charge in [-0.15, -0.1) is 0 Å². The van der Waals surface area contributed by atoms with E-state index in [2.05, 4.69) is 5.32 Å². The Kier molecular flexibility index (Phi) is 5.66. The zero-order valence-electron chi connectivity index (χ0n) is 9.89. The van der Waals surface area contributed by atoms with Crippen molar-refractivity contribution in [2.24, 2.45) is 0 Å². The summed E-state index contributed by atoms with van der Waals surface area (Å²) < 4.78 is 54.1. The van der Waals surface area contributed by atoms with E-state index < -0.39 is 25.1 Å². The number of hydrogen-bond donors (Lipinski definition) is 1. The number of ether oxygens (including phenoxy) is 1. The van der Waals surface area contributed by atoms with Gasteiger partial charge in [0.1, 0.15) is 6.61 Å². The zero-order valence-corrected chi connectivity index (χ0v) is 9.89. The molecule has 1 rings (SSSR count). The standard InChI is InChI=1S/C11H19F4NO/c1-2-3-9(6-16-8-4-5-8)17-7-11(14,15)10(12)13/h8-10,16H,2-7H2,1H3. The molecule has 102 valence electrons. The third-order valence-electron chi connectivity index (χ3n) is 2.65. The molecule has 1 fully saturated rings. The van der Waals surface area contributed by atoms with Crippen molar-refractivity contribution in [2.75, 3.05) is 13.2 Å². The van der Waals surface area contributed by atoms with Gasteiger partial charge in [-0.2, -0.15) is 8.78 Å². The van der Waals surface area contributed by atoms with E-state index in [1.165, 1.54) is 0 Å². The van der Waals surface area contributed by atoms with Gasteiger partial charge in [-0.05, 0) is 19.3 Å². The van der Waals surface area contributed by atoms with E-state index in [0.29, 0.717) is 19.0 Å². The Bertz CT molecular complexity index is 222. The van der Waals surface area contributed by atoms with Gasteiger partial charge in [0, 0.05) is 12.6 Å². The summed E-state index contributed by atoms with van der Waals surface area (Å²) in [5, 5.41) is 3.15. The molecule has 1 atom stereocenters. The molecule has 0 amide bonds. The van der Waals surface area contributed by atoms with Gasteiger partial charge in [0.05, 0.1) is 6.10 Å². The zero-order chi connectivity index (χ0) is 12.9. The summed E-state index contributed by atoms with van der Waals surface area (Å²) in [6, 6.07) is 0.452. The SMILES string of the molecule is CCCC(CNC1CC1)OCC(F)(F)C(F)F. The van der Waals surface area contributed by atoms with Crippen LogP contribution >= 0.6 is 0 Å². The van der Waals surface area contributed by atoms with Gasteiger partial charge in [0.15, 0.2) is 0 Å². The van der Waals surface area contributed by atoms with Crippen molar-refractivity contribution in [3.63, 3.8) is 0 Å². The van der Waals surface area contributed by atoms with Crippen LogP contribution in [0.25, 0.3) is 0 Å². The predicted octanol–water partition coefficient (Wildman–Crippen LogP) is 2.82. The smallest absolute Gasteiger partial charge is 0.330 e. The highest BCUT2D eigenvalue weighted by Crippen LogP contribution is 2.24. The van der Waals surface area contributed by atoms with Crippen molar-refractivity contribution in [3.8, 4) is 0 Å². The van der Waals surface area contributed by atoms with Gasteiger partial charge in [-0.1, -0.05) is 13.3 Å². The fourth-order valence-corrected chi connectivity index (χ4v) is 1.44. The van der Waals surface area contributed by atoms with E-state index in [4.69, 9.17) is 4.74 Å². The van der Waals surface area contributed by atoms with Crippen LogP contribution in [0.4, 0.5) is 17.6 Å². The highest BCUT2D eigenvalue weighted by molar-refractivity contribution is 4.82. The summed E-state index contributed by atoms with van der Waals surface area (Å²) in [6.45, 7) is 1.15. The maximum absolute atomic E-state index is 12.7. The number of nitrogens with one attached hydrogen (secondary N) is 1. The highest BCUT2D eigenvalue weighted by atomic mass is 19.3. The number of halogens is 4. The lowest BCUT2D eigenvalue weighted by Gasteiger charge is -2.21. The normalized spacial score (nSPS) is 18.7. The third-order valence-corrected chi connectivity index (χ3v) is 2.65. The van der Waals surface area contributed by atoms with Gasteiger partial charge < -0.3 is 10.1 Å². The molecule has 1 aliphatic rings. The van der Waals surface area contributed by atoms with Crippen molar-refractivity contribution in [2.45, 2.75) is 57.1 Å². The summed E-state index contributed by atoms with van der Waals surface area (Å²) >= 11 is 0. The van der Waals surface area contributed by atoms with Gasteiger partial charge in [0.25, 0.3) is 0 Å². The molecule has 0 spiro atoms. The van der Waals surface area contributed by atoms with Crippen molar-refractivity contribution in [3.05, 3.63) is 0 Å². The van der Waals surface area contributed by atoms with E-state index >= 15 is 0 Å². The first kappa shape index (κ1) is 14.7. The maximum atomic E-state index is 12.7. The van der Waals surface area contributed by atoms with E-state index in [-0.39, 0.29) is 0 Å². The molecule has 0 aromatic carbocycles. The monoisotopic (exact) mass is 257 g/mol. The van der Waals surface area contributed by atoms with Crippen LogP contribution < -0.4 is 5.32 Å². The Morgan fingerprint density at radius 3 is 2.47 bits per heavy atom. The van der Waals surface area contributed by atoms with Crippen LogP contribution in [0.3, 0.4) is 0 Å². The minimum atomic E-state index is -4.05. The van der Waals surface area contributed by atoms with Crippen LogP contribution in [0.5, 0.6) is 0 Å². The molecule has 1 N–H and O–H groups in total. The molecule has 1 saturated carbocycles. The second-order valence-corrected chi connectivity index (χ2v) is 4.47. The largest absolute Gasteiger partial charge is 0.370 e. The Balaban J connectivity index is 2.26. The van der Waals surface area contributed by atoms with Gasteiger partial charge in [-0.3, -0.25) is 0 Å². The Morgan fingerprint density at radius 1 is 1.35 bits per heavy atom. The van der Waals surface area contributed by atoms with E-state index in [1.54, 1.807) is 0 Å². The molecule has 0 bridgehead atoms. The first-order valence-corrected chi connectivity index (χ1v) is 5.96. The highest BCUT2D eigenvalue weighted by Gasteiger charge is 2.41. The van der Waals surface area contributed by atoms with Crippen LogP contribution in [0.1, 0.15) is 32.6 Å². The third kappa shape index (κ3) is 5.68. The molecular weight excluding hydrogens is 238 g/mol. The predicted molar refractivity (Wildman–Crippen MR) is 56.6 cm³/mol. The van der Waals surface area contributed by atoms with Crippen LogP contribution in [0.2, 0.25) is 0 Å². The lowest BCUT2D eigenvalue weighted by atomic mass is 10.2. The molecule has 1 unspecified atom stereocenters. The molecule has 0 saturated heterocycles. The Morgan fingerprint density at radius 2 is 2.00 bits per heavy atom. The number of alkyl halides is 4. The van der Waals surface area contributed by atoms with Crippen molar-refractivity contribution in [1.29, 1.82) is 0 Å². The van der Waals surface area contributed by atoms with Gasteiger partial charge in [-0.25, -0.2) is 8.78 Å². The quantitative estimate of drug-likeness (QED) is 0.641. The fraction of sp³-hybridized carbons (Fsp3) is 1.00. The number of rotatable bonds is 9. The molecule has 1 aliphatic carbocycles. The van der Waals surface area contributed by atoms with E-state index in [0.717, 1.165) is 19.3 Å². The summed E-state index contributed by atoms with van der Waals surface area (Å²) in [6.07, 6.45) is -0.527. The van der Waals surface area contributed by atoms with Crippen molar-refractivity contribution in [1.82, 2.24) is 5.32 Å². The molecule has 0 aromatic rings. The van der Waals surface area contributed by atoms with Crippen LogP contribution in [0, 0.1) is 0 Å². The van der Waals surface area contributed by atoms with E-state index in [9.17, 15) is 17.6 Å². The average molecular weight is 257 g/mol. The molecule has 0 aromatic heterocycles. The molecule has 6 heteroatoms. The first-order chi connectivity index (χ1) is 7.95. The van der Waals surface area contributed by atoms with Gasteiger partial charge in [0.2, 0.25) is 0 Å². The second-order valence-electron chi connectivity index (χ2n) is 4.47. The lowest BCUT2D eigenvalue weighted by Crippen LogP contribution is -2.38. The topological polar surface area (TPSA) is 21.3 Å². The summed E-state index contributed by atoms with van der Waals surface area (Å²) in [7, 11) is 0. The summed E-state index contributed by atoms with van der Waals surface area (Å²) in [5.41, 5.74) is 0. The van der Waals surface area contributed by atoms with Crippen LogP contribution in [-0.4, -0.2) is 37.6 Å². The van der Waals surface area contributed by atoms with E-state index in [1.807, 2.05) is 6.92 Å².